The monoisotopic (exact) mass is 312 g/mol. The molecule has 0 aliphatic heterocycles. The molecule has 22 heavy (non-hydrogen) atoms. The van der Waals surface area contributed by atoms with Crippen LogP contribution in [0.25, 0.3) is 0 Å². The second-order valence-corrected chi connectivity index (χ2v) is 6.01. The minimum Gasteiger partial charge on any atom is -0.466 e. The van der Waals surface area contributed by atoms with Crippen molar-refractivity contribution in [2.75, 3.05) is 13.2 Å². The summed E-state index contributed by atoms with van der Waals surface area (Å²) in [4.78, 5) is 36.2. The third-order valence-corrected chi connectivity index (χ3v) is 4.28. The third-order valence-electron chi connectivity index (χ3n) is 4.28. The van der Waals surface area contributed by atoms with Crippen LogP contribution in [0.2, 0.25) is 0 Å². The third kappa shape index (κ3) is 5.78. The van der Waals surface area contributed by atoms with E-state index in [1.807, 2.05) is 0 Å². The smallest absolute Gasteiger partial charge is 0.316 e. The van der Waals surface area contributed by atoms with Crippen LogP contribution in [0.4, 0.5) is 0 Å². The Kier molecular flexibility index (Phi) is 8.13. The molecular formula is C17H28O5. The van der Waals surface area contributed by atoms with Crippen LogP contribution >= 0.6 is 0 Å². The van der Waals surface area contributed by atoms with E-state index in [4.69, 9.17) is 9.47 Å². The van der Waals surface area contributed by atoms with Crippen molar-refractivity contribution in [3.8, 4) is 0 Å². The lowest BCUT2D eigenvalue weighted by Gasteiger charge is -2.27. The minimum atomic E-state index is -0.831. The summed E-state index contributed by atoms with van der Waals surface area (Å²) in [5.74, 6) is -1.20. The van der Waals surface area contributed by atoms with Gasteiger partial charge in [0.1, 0.15) is 11.7 Å². The number of hydrogen-bond acceptors (Lipinski definition) is 5. The number of hydrogen-bond donors (Lipinski definition) is 0. The lowest BCUT2D eigenvalue weighted by Crippen LogP contribution is -2.33. The van der Waals surface area contributed by atoms with Crippen LogP contribution in [0.15, 0.2) is 0 Å². The van der Waals surface area contributed by atoms with Gasteiger partial charge in [0.2, 0.25) is 0 Å². The van der Waals surface area contributed by atoms with Gasteiger partial charge in [-0.3, -0.25) is 14.4 Å². The molecule has 0 amide bonds. The molecule has 0 aromatic carbocycles. The van der Waals surface area contributed by atoms with Crippen molar-refractivity contribution in [2.24, 2.45) is 17.8 Å². The highest BCUT2D eigenvalue weighted by Gasteiger charge is 2.35. The Morgan fingerprint density at radius 1 is 1.00 bits per heavy atom. The quantitative estimate of drug-likeness (QED) is 0.509. The molecular weight excluding hydrogens is 284 g/mol. The van der Waals surface area contributed by atoms with Crippen LogP contribution in [0.3, 0.4) is 0 Å². The lowest BCUT2D eigenvalue weighted by atomic mass is 9.77. The summed E-state index contributed by atoms with van der Waals surface area (Å²) in [6.07, 6.45) is 3.95. The summed E-state index contributed by atoms with van der Waals surface area (Å²) in [5, 5.41) is 0. The molecule has 1 aliphatic rings. The summed E-state index contributed by atoms with van der Waals surface area (Å²) in [6.45, 7) is 6.17. The SMILES string of the molecule is CCOC(=O)CCC(C(=O)OCC)C(=O)C1CCC(C)CC1. The van der Waals surface area contributed by atoms with Crippen molar-refractivity contribution < 1.29 is 23.9 Å². The number of rotatable bonds is 8. The Bertz CT molecular complexity index is 383. The molecule has 126 valence electrons. The fraction of sp³-hybridized carbons (Fsp3) is 0.824. The van der Waals surface area contributed by atoms with Crippen LogP contribution in [0.5, 0.6) is 0 Å². The predicted octanol–water partition coefficient (Wildman–Crippen LogP) is 2.90. The van der Waals surface area contributed by atoms with E-state index in [1.54, 1.807) is 13.8 Å². The second-order valence-electron chi connectivity index (χ2n) is 6.01. The topological polar surface area (TPSA) is 69.7 Å². The predicted molar refractivity (Wildman–Crippen MR) is 82.1 cm³/mol. The molecule has 1 saturated carbocycles. The molecule has 0 spiro atoms. The van der Waals surface area contributed by atoms with Gasteiger partial charge in [0, 0.05) is 12.3 Å². The highest BCUT2D eigenvalue weighted by Crippen LogP contribution is 2.31. The Balaban J connectivity index is 2.65. The molecule has 1 aliphatic carbocycles. The van der Waals surface area contributed by atoms with E-state index in [2.05, 4.69) is 6.92 Å². The summed E-state index contributed by atoms with van der Waals surface area (Å²) < 4.78 is 9.89. The van der Waals surface area contributed by atoms with E-state index in [0.29, 0.717) is 12.5 Å². The molecule has 1 unspecified atom stereocenters. The van der Waals surface area contributed by atoms with Crippen molar-refractivity contribution >= 4 is 17.7 Å². The second kappa shape index (κ2) is 9.59. The van der Waals surface area contributed by atoms with E-state index in [1.165, 1.54) is 0 Å². The first-order chi connectivity index (χ1) is 10.5. The van der Waals surface area contributed by atoms with Crippen molar-refractivity contribution in [1.82, 2.24) is 0 Å². The molecule has 5 nitrogen and oxygen atoms in total. The molecule has 0 heterocycles. The largest absolute Gasteiger partial charge is 0.466 e. The van der Waals surface area contributed by atoms with Crippen LogP contribution in [-0.2, 0) is 23.9 Å². The fourth-order valence-corrected chi connectivity index (χ4v) is 2.94. The van der Waals surface area contributed by atoms with Gasteiger partial charge < -0.3 is 9.47 Å². The maximum Gasteiger partial charge on any atom is 0.316 e. The highest BCUT2D eigenvalue weighted by molar-refractivity contribution is 6.00. The van der Waals surface area contributed by atoms with Gasteiger partial charge in [-0.25, -0.2) is 0 Å². The van der Waals surface area contributed by atoms with Gasteiger partial charge in [-0.1, -0.05) is 19.8 Å². The van der Waals surface area contributed by atoms with E-state index in [0.717, 1.165) is 25.7 Å². The van der Waals surface area contributed by atoms with Gasteiger partial charge in [0.25, 0.3) is 0 Å². The van der Waals surface area contributed by atoms with Crippen molar-refractivity contribution in [2.45, 2.75) is 59.3 Å². The van der Waals surface area contributed by atoms with Crippen LogP contribution in [-0.4, -0.2) is 30.9 Å². The molecule has 0 radical (unpaired) electrons. The Morgan fingerprint density at radius 3 is 2.14 bits per heavy atom. The molecule has 1 atom stereocenters. The maximum atomic E-state index is 12.6. The van der Waals surface area contributed by atoms with Gasteiger partial charge in [0.15, 0.2) is 0 Å². The number of carbonyl (C=O) groups excluding carboxylic acids is 3. The minimum absolute atomic E-state index is 0.0605. The first kappa shape index (κ1) is 18.7. The molecule has 5 heteroatoms. The van der Waals surface area contributed by atoms with Gasteiger partial charge >= 0.3 is 11.9 Å². The van der Waals surface area contributed by atoms with E-state index >= 15 is 0 Å². The first-order valence-electron chi connectivity index (χ1n) is 8.35. The average molecular weight is 312 g/mol. The molecule has 0 aromatic rings. The Labute approximate surface area is 132 Å². The number of esters is 2. The maximum absolute atomic E-state index is 12.6. The Morgan fingerprint density at radius 2 is 1.59 bits per heavy atom. The fourth-order valence-electron chi connectivity index (χ4n) is 2.94. The van der Waals surface area contributed by atoms with Gasteiger partial charge in [-0.05, 0) is 39.0 Å². The molecule has 0 N–H and O–H groups in total. The number of carbonyl (C=O) groups is 3. The molecule has 0 saturated heterocycles. The van der Waals surface area contributed by atoms with Gasteiger partial charge in [-0.15, -0.1) is 0 Å². The van der Waals surface area contributed by atoms with Crippen LogP contribution in [0, 0.1) is 17.8 Å². The molecule has 0 bridgehead atoms. The Hall–Kier alpha value is -1.39. The molecule has 0 aromatic heterocycles. The van der Waals surface area contributed by atoms with E-state index in [-0.39, 0.29) is 37.1 Å². The molecule has 1 rings (SSSR count). The standard InChI is InChI=1S/C17H28O5/c1-4-21-15(18)11-10-14(17(20)22-5-2)16(19)13-8-6-12(3)7-9-13/h12-14H,4-11H2,1-3H3. The number of ketones is 1. The normalized spacial score (nSPS) is 22.7. The number of Topliss-reactive ketones (excluding diaryl/α,β-unsaturated/α-hetero) is 1. The summed E-state index contributed by atoms with van der Waals surface area (Å²) in [7, 11) is 0. The molecule has 1 fully saturated rings. The van der Waals surface area contributed by atoms with Gasteiger partial charge in [0.05, 0.1) is 13.2 Å². The zero-order valence-corrected chi connectivity index (χ0v) is 13.9. The van der Waals surface area contributed by atoms with Gasteiger partial charge in [-0.2, -0.15) is 0 Å². The van der Waals surface area contributed by atoms with Crippen LogP contribution < -0.4 is 0 Å². The van der Waals surface area contributed by atoms with E-state index < -0.39 is 11.9 Å². The lowest BCUT2D eigenvalue weighted by molar-refractivity contribution is -0.153. The van der Waals surface area contributed by atoms with Crippen molar-refractivity contribution in [3.63, 3.8) is 0 Å². The average Bonchev–Trinajstić information content (AvgIpc) is 2.48. The first-order valence-corrected chi connectivity index (χ1v) is 8.35. The highest BCUT2D eigenvalue weighted by atomic mass is 16.5. The van der Waals surface area contributed by atoms with Crippen LogP contribution in [0.1, 0.15) is 59.3 Å². The van der Waals surface area contributed by atoms with E-state index in [9.17, 15) is 14.4 Å². The number of ether oxygens (including phenoxy) is 2. The summed E-state index contributed by atoms with van der Waals surface area (Å²) in [5.41, 5.74) is 0. The zero-order valence-electron chi connectivity index (χ0n) is 13.9. The van der Waals surface area contributed by atoms with Crippen molar-refractivity contribution in [1.29, 1.82) is 0 Å². The zero-order chi connectivity index (χ0) is 16.5. The summed E-state index contributed by atoms with van der Waals surface area (Å²) in [6, 6.07) is 0. The summed E-state index contributed by atoms with van der Waals surface area (Å²) >= 11 is 0. The van der Waals surface area contributed by atoms with Crippen molar-refractivity contribution in [3.05, 3.63) is 0 Å².